The van der Waals surface area contributed by atoms with Crippen LogP contribution in [0.4, 0.5) is 0 Å². The molecule has 0 unspecified atom stereocenters. The smallest absolute Gasteiger partial charge is 0.305 e. The third kappa shape index (κ3) is 6.69. The van der Waals surface area contributed by atoms with Gasteiger partial charge in [0.2, 0.25) is 0 Å². The highest BCUT2D eigenvalue weighted by Gasteiger charge is 2.10. The van der Waals surface area contributed by atoms with Gasteiger partial charge in [-0.05, 0) is 30.8 Å². The Kier molecular flexibility index (Phi) is 8.34. The highest BCUT2D eigenvalue weighted by molar-refractivity contribution is 7.80. The van der Waals surface area contributed by atoms with Gasteiger partial charge in [0.05, 0.1) is 21.3 Å². The number of ether oxygens (including phenoxy) is 3. The highest BCUT2D eigenvalue weighted by Crippen LogP contribution is 2.22. The SMILES string of the molecule is COC(=O)CCCNC(=S)NNC(=O)c1cc(OC)cc(OC)c1. The minimum atomic E-state index is -0.397. The van der Waals surface area contributed by atoms with Gasteiger partial charge >= 0.3 is 5.97 Å². The Morgan fingerprint density at radius 2 is 1.67 bits per heavy atom. The van der Waals surface area contributed by atoms with Gasteiger partial charge in [-0.1, -0.05) is 0 Å². The molecule has 0 aliphatic carbocycles. The molecular weight excluding hydrogens is 334 g/mol. The lowest BCUT2D eigenvalue weighted by Gasteiger charge is -2.12. The molecule has 0 aliphatic rings. The van der Waals surface area contributed by atoms with Crippen LogP contribution in [0, 0.1) is 0 Å². The van der Waals surface area contributed by atoms with E-state index in [0.717, 1.165) is 0 Å². The maximum atomic E-state index is 12.1. The number of carbonyl (C=O) groups excluding carboxylic acids is 2. The topological polar surface area (TPSA) is 97.9 Å². The number of methoxy groups -OCH3 is 3. The van der Waals surface area contributed by atoms with Crippen molar-refractivity contribution in [1.82, 2.24) is 16.2 Å². The van der Waals surface area contributed by atoms with Crippen LogP contribution < -0.4 is 25.6 Å². The van der Waals surface area contributed by atoms with Crippen molar-refractivity contribution in [1.29, 1.82) is 0 Å². The van der Waals surface area contributed by atoms with Gasteiger partial charge in [-0.2, -0.15) is 0 Å². The third-order valence-corrected chi connectivity index (χ3v) is 3.22. The molecule has 0 heterocycles. The predicted octanol–water partition coefficient (Wildman–Crippen LogP) is 0.766. The van der Waals surface area contributed by atoms with E-state index >= 15 is 0 Å². The molecule has 0 aromatic heterocycles. The summed E-state index contributed by atoms with van der Waals surface area (Å²) in [6.45, 7) is 0.476. The molecule has 9 heteroatoms. The van der Waals surface area contributed by atoms with Crippen LogP contribution in [0.5, 0.6) is 11.5 Å². The number of esters is 1. The lowest BCUT2D eigenvalue weighted by atomic mass is 10.2. The van der Waals surface area contributed by atoms with E-state index in [2.05, 4.69) is 20.9 Å². The summed E-state index contributed by atoms with van der Waals surface area (Å²) < 4.78 is 14.8. The van der Waals surface area contributed by atoms with Crippen LogP contribution in [0.15, 0.2) is 18.2 Å². The molecule has 0 saturated heterocycles. The molecule has 0 spiro atoms. The van der Waals surface area contributed by atoms with Crippen molar-refractivity contribution in [2.75, 3.05) is 27.9 Å². The van der Waals surface area contributed by atoms with Crippen LogP contribution in [0.2, 0.25) is 0 Å². The summed E-state index contributed by atoms with van der Waals surface area (Å²) >= 11 is 5.02. The van der Waals surface area contributed by atoms with Gasteiger partial charge in [0, 0.05) is 24.6 Å². The standard InChI is InChI=1S/C15H21N3O5S/c1-21-11-7-10(8-12(9-11)22-2)14(20)17-18-15(24)16-6-4-5-13(19)23-3/h7-9H,4-6H2,1-3H3,(H,17,20)(H2,16,18,24). The fourth-order valence-corrected chi connectivity index (χ4v) is 1.86. The van der Waals surface area contributed by atoms with Gasteiger partial charge in [-0.3, -0.25) is 20.4 Å². The first-order valence-corrected chi connectivity index (χ1v) is 7.55. The number of hydrazine groups is 1. The minimum Gasteiger partial charge on any atom is -0.497 e. The number of rotatable bonds is 7. The van der Waals surface area contributed by atoms with E-state index in [-0.39, 0.29) is 11.1 Å². The van der Waals surface area contributed by atoms with Crippen LogP contribution in [-0.2, 0) is 9.53 Å². The van der Waals surface area contributed by atoms with Crippen LogP contribution >= 0.6 is 12.2 Å². The second-order valence-corrected chi connectivity index (χ2v) is 5.02. The summed E-state index contributed by atoms with van der Waals surface area (Å²) in [5, 5.41) is 3.10. The highest BCUT2D eigenvalue weighted by atomic mass is 32.1. The second kappa shape index (κ2) is 10.3. The van der Waals surface area contributed by atoms with E-state index in [1.807, 2.05) is 0 Å². The fraction of sp³-hybridized carbons (Fsp3) is 0.400. The average molecular weight is 355 g/mol. The van der Waals surface area contributed by atoms with Crippen molar-refractivity contribution in [3.8, 4) is 11.5 Å². The number of nitrogens with one attached hydrogen (secondary N) is 3. The fourth-order valence-electron chi connectivity index (χ4n) is 1.71. The van der Waals surface area contributed by atoms with Gasteiger partial charge in [0.1, 0.15) is 11.5 Å². The molecule has 3 N–H and O–H groups in total. The Morgan fingerprint density at radius 3 is 2.21 bits per heavy atom. The Bertz CT molecular complexity index is 572. The van der Waals surface area contributed by atoms with E-state index in [4.69, 9.17) is 21.7 Å². The molecule has 24 heavy (non-hydrogen) atoms. The van der Waals surface area contributed by atoms with E-state index in [9.17, 15) is 9.59 Å². The number of thiocarbonyl (C=S) groups is 1. The molecule has 0 radical (unpaired) electrons. The van der Waals surface area contributed by atoms with Gasteiger partial charge in [-0.15, -0.1) is 0 Å². The van der Waals surface area contributed by atoms with E-state index < -0.39 is 5.91 Å². The van der Waals surface area contributed by atoms with Gasteiger partial charge in [-0.25, -0.2) is 0 Å². The maximum Gasteiger partial charge on any atom is 0.305 e. The van der Waals surface area contributed by atoms with Crippen LogP contribution in [0.3, 0.4) is 0 Å². The first kappa shape index (κ1) is 19.5. The van der Waals surface area contributed by atoms with Gasteiger partial charge < -0.3 is 19.5 Å². The molecule has 1 amide bonds. The zero-order chi connectivity index (χ0) is 17.9. The van der Waals surface area contributed by atoms with E-state index in [1.54, 1.807) is 18.2 Å². The van der Waals surface area contributed by atoms with Crippen LogP contribution in [0.1, 0.15) is 23.2 Å². The van der Waals surface area contributed by atoms with Crippen molar-refractivity contribution < 1.29 is 23.8 Å². The Morgan fingerprint density at radius 1 is 1.04 bits per heavy atom. The largest absolute Gasteiger partial charge is 0.497 e. The normalized spacial score (nSPS) is 9.62. The second-order valence-electron chi connectivity index (χ2n) is 4.62. The number of amides is 1. The summed E-state index contributed by atoms with van der Waals surface area (Å²) in [7, 11) is 4.34. The summed E-state index contributed by atoms with van der Waals surface area (Å²) in [5.41, 5.74) is 5.40. The number of hydrogen-bond acceptors (Lipinski definition) is 6. The molecule has 8 nitrogen and oxygen atoms in total. The number of hydrogen-bond donors (Lipinski definition) is 3. The number of benzene rings is 1. The first-order chi connectivity index (χ1) is 11.5. The lowest BCUT2D eigenvalue weighted by molar-refractivity contribution is -0.140. The van der Waals surface area contributed by atoms with Crippen LogP contribution in [-0.4, -0.2) is 44.9 Å². The molecule has 0 aliphatic heterocycles. The summed E-state index contributed by atoms with van der Waals surface area (Å²) in [5.74, 6) is 0.327. The monoisotopic (exact) mass is 355 g/mol. The Labute approximate surface area is 145 Å². The zero-order valence-electron chi connectivity index (χ0n) is 13.8. The summed E-state index contributed by atoms with van der Waals surface area (Å²) in [4.78, 5) is 23.1. The third-order valence-electron chi connectivity index (χ3n) is 2.97. The molecule has 0 bridgehead atoms. The summed E-state index contributed by atoms with van der Waals surface area (Å²) in [6.07, 6.45) is 0.859. The van der Waals surface area contributed by atoms with Gasteiger partial charge in [0.15, 0.2) is 5.11 Å². The van der Waals surface area contributed by atoms with Crippen molar-refractivity contribution in [3.05, 3.63) is 23.8 Å². The molecule has 132 valence electrons. The quantitative estimate of drug-likeness (QED) is 0.286. The molecule has 0 saturated carbocycles. The zero-order valence-corrected chi connectivity index (χ0v) is 14.6. The van der Waals surface area contributed by atoms with Crippen molar-refractivity contribution >= 4 is 29.2 Å². The van der Waals surface area contributed by atoms with Crippen LogP contribution in [0.25, 0.3) is 0 Å². The molecule has 0 fully saturated rings. The average Bonchev–Trinajstić information content (AvgIpc) is 2.62. The van der Waals surface area contributed by atoms with Crippen molar-refractivity contribution in [2.24, 2.45) is 0 Å². The molecular formula is C15H21N3O5S. The molecule has 1 aromatic carbocycles. The van der Waals surface area contributed by atoms with E-state index in [1.165, 1.54) is 21.3 Å². The molecule has 1 rings (SSSR count). The number of carbonyl (C=O) groups is 2. The molecule has 1 aromatic rings. The predicted molar refractivity (Wildman–Crippen MR) is 92.0 cm³/mol. The van der Waals surface area contributed by atoms with Gasteiger partial charge in [0.25, 0.3) is 5.91 Å². The Balaban J connectivity index is 2.42. The molecule has 0 atom stereocenters. The maximum absolute atomic E-state index is 12.1. The first-order valence-electron chi connectivity index (χ1n) is 7.14. The lowest BCUT2D eigenvalue weighted by Crippen LogP contribution is -2.47. The Hall–Kier alpha value is -2.55. The summed E-state index contributed by atoms with van der Waals surface area (Å²) in [6, 6.07) is 4.82. The van der Waals surface area contributed by atoms with Crippen molar-refractivity contribution in [2.45, 2.75) is 12.8 Å². The van der Waals surface area contributed by atoms with E-state index in [0.29, 0.717) is 36.4 Å². The minimum absolute atomic E-state index is 0.239. The van der Waals surface area contributed by atoms with Crippen molar-refractivity contribution in [3.63, 3.8) is 0 Å².